The van der Waals surface area contributed by atoms with Crippen LogP contribution in [0.15, 0.2) is 6.07 Å². The lowest BCUT2D eigenvalue weighted by Gasteiger charge is -2.17. The van der Waals surface area contributed by atoms with Gasteiger partial charge in [0.1, 0.15) is 0 Å². The molecule has 1 atom stereocenters. The molecule has 3 heteroatoms. The molecule has 3 nitrogen and oxygen atoms in total. The summed E-state index contributed by atoms with van der Waals surface area (Å²) >= 11 is 0. The first-order chi connectivity index (χ1) is 6.70. The Morgan fingerprint density at radius 2 is 2.50 bits per heavy atom. The number of rotatable bonds is 2. The van der Waals surface area contributed by atoms with E-state index in [0.29, 0.717) is 6.42 Å². The highest BCUT2D eigenvalue weighted by Gasteiger charge is 2.25. The van der Waals surface area contributed by atoms with E-state index in [1.807, 2.05) is 0 Å². The minimum atomic E-state index is -0.664. The Labute approximate surface area is 83.1 Å². The molecule has 1 heterocycles. The van der Waals surface area contributed by atoms with Gasteiger partial charge in [-0.3, -0.25) is 4.79 Å². The Hall–Kier alpha value is -1.25. The highest BCUT2D eigenvalue weighted by atomic mass is 16.4. The second-order valence-corrected chi connectivity index (χ2v) is 3.93. The number of H-pyrrole nitrogens is 1. The van der Waals surface area contributed by atoms with Gasteiger partial charge in [-0.05, 0) is 30.9 Å². The summed E-state index contributed by atoms with van der Waals surface area (Å²) in [5.41, 5.74) is 3.68. The van der Waals surface area contributed by atoms with Crippen LogP contribution < -0.4 is 0 Å². The molecule has 0 fully saturated rings. The molecule has 1 aromatic heterocycles. The number of carbonyl (C=O) groups is 1. The van der Waals surface area contributed by atoms with Crippen LogP contribution in [0.5, 0.6) is 0 Å². The standard InChI is InChI=1S/C11H15NO2/c1-2-9-5-7-3-4-8(11(13)14)6-10(7)12-9/h5,8,12H,2-4,6H2,1H3,(H,13,14). The average Bonchev–Trinajstić information content (AvgIpc) is 2.58. The van der Waals surface area contributed by atoms with Gasteiger partial charge in [0.25, 0.3) is 0 Å². The van der Waals surface area contributed by atoms with Crippen LogP contribution in [-0.2, 0) is 24.1 Å². The lowest BCUT2D eigenvalue weighted by Crippen LogP contribution is -2.21. The molecule has 0 aliphatic heterocycles. The molecule has 1 aromatic rings. The van der Waals surface area contributed by atoms with Crippen molar-refractivity contribution in [2.75, 3.05) is 0 Å². The number of aliphatic carboxylic acids is 1. The second kappa shape index (κ2) is 3.48. The monoisotopic (exact) mass is 193 g/mol. The van der Waals surface area contributed by atoms with Crippen molar-refractivity contribution in [2.45, 2.75) is 32.6 Å². The first kappa shape index (κ1) is 9.31. The molecule has 1 aliphatic carbocycles. The summed E-state index contributed by atoms with van der Waals surface area (Å²) in [5.74, 6) is -0.853. The van der Waals surface area contributed by atoms with Crippen molar-refractivity contribution in [1.82, 2.24) is 4.98 Å². The van der Waals surface area contributed by atoms with Crippen molar-refractivity contribution in [3.8, 4) is 0 Å². The molecule has 0 bridgehead atoms. The van der Waals surface area contributed by atoms with E-state index in [1.165, 1.54) is 11.3 Å². The van der Waals surface area contributed by atoms with Gasteiger partial charge in [0.15, 0.2) is 0 Å². The van der Waals surface area contributed by atoms with Gasteiger partial charge in [-0.25, -0.2) is 0 Å². The summed E-state index contributed by atoms with van der Waals surface area (Å²) in [4.78, 5) is 14.1. The van der Waals surface area contributed by atoms with E-state index in [-0.39, 0.29) is 5.92 Å². The highest BCUT2D eigenvalue weighted by molar-refractivity contribution is 5.70. The van der Waals surface area contributed by atoms with Crippen LogP contribution in [0.25, 0.3) is 0 Å². The van der Waals surface area contributed by atoms with Gasteiger partial charge in [-0.2, -0.15) is 0 Å². The molecular formula is C11H15NO2. The maximum Gasteiger partial charge on any atom is 0.306 e. The number of aryl methyl sites for hydroxylation is 2. The fourth-order valence-electron chi connectivity index (χ4n) is 2.09. The van der Waals surface area contributed by atoms with E-state index in [4.69, 9.17) is 5.11 Å². The van der Waals surface area contributed by atoms with Crippen molar-refractivity contribution in [1.29, 1.82) is 0 Å². The molecule has 0 saturated heterocycles. The number of aromatic amines is 1. The van der Waals surface area contributed by atoms with Crippen LogP contribution in [0.3, 0.4) is 0 Å². The predicted molar refractivity (Wildman–Crippen MR) is 53.3 cm³/mol. The number of carboxylic acid groups (broad SMARTS) is 1. The summed E-state index contributed by atoms with van der Waals surface area (Å²) in [6.45, 7) is 2.10. The quantitative estimate of drug-likeness (QED) is 0.752. The smallest absolute Gasteiger partial charge is 0.306 e. The number of nitrogens with one attached hydrogen (secondary N) is 1. The summed E-state index contributed by atoms with van der Waals surface area (Å²) in [7, 11) is 0. The number of fused-ring (bicyclic) bond motifs is 1. The van der Waals surface area contributed by atoms with Crippen LogP contribution >= 0.6 is 0 Å². The maximum absolute atomic E-state index is 10.8. The van der Waals surface area contributed by atoms with Gasteiger partial charge in [0.05, 0.1) is 5.92 Å². The first-order valence-corrected chi connectivity index (χ1v) is 5.13. The second-order valence-electron chi connectivity index (χ2n) is 3.93. The molecule has 1 unspecified atom stereocenters. The van der Waals surface area contributed by atoms with Crippen molar-refractivity contribution in [3.05, 3.63) is 23.0 Å². The SMILES string of the molecule is CCc1cc2c([nH]1)CC(C(=O)O)CC2. The largest absolute Gasteiger partial charge is 0.481 e. The normalized spacial score (nSPS) is 20.5. The molecule has 0 aromatic carbocycles. The Bertz CT molecular complexity index is 354. The Kier molecular flexibility index (Phi) is 2.32. The fraction of sp³-hybridized carbons (Fsp3) is 0.545. The van der Waals surface area contributed by atoms with Crippen LogP contribution in [0.4, 0.5) is 0 Å². The van der Waals surface area contributed by atoms with Crippen LogP contribution in [0.1, 0.15) is 30.3 Å². The van der Waals surface area contributed by atoms with E-state index in [9.17, 15) is 4.79 Å². The van der Waals surface area contributed by atoms with Crippen molar-refractivity contribution in [3.63, 3.8) is 0 Å². The van der Waals surface area contributed by atoms with Crippen LogP contribution in [0.2, 0.25) is 0 Å². The summed E-state index contributed by atoms with van der Waals surface area (Å²) in [5, 5.41) is 8.91. The minimum Gasteiger partial charge on any atom is -0.481 e. The van der Waals surface area contributed by atoms with Gasteiger partial charge in [-0.1, -0.05) is 6.92 Å². The van der Waals surface area contributed by atoms with Gasteiger partial charge >= 0.3 is 5.97 Å². The Balaban J connectivity index is 2.21. The zero-order chi connectivity index (χ0) is 10.1. The van der Waals surface area contributed by atoms with E-state index in [1.54, 1.807) is 0 Å². The van der Waals surface area contributed by atoms with Crippen molar-refractivity contribution in [2.24, 2.45) is 5.92 Å². The predicted octanol–water partition coefficient (Wildman–Crippen LogP) is 1.77. The third-order valence-corrected chi connectivity index (χ3v) is 2.99. The average molecular weight is 193 g/mol. The summed E-state index contributed by atoms with van der Waals surface area (Å²) < 4.78 is 0. The molecule has 1 aliphatic rings. The van der Waals surface area contributed by atoms with Crippen molar-refractivity contribution < 1.29 is 9.90 Å². The minimum absolute atomic E-state index is 0.189. The molecule has 0 saturated carbocycles. The van der Waals surface area contributed by atoms with E-state index in [0.717, 1.165) is 25.0 Å². The topological polar surface area (TPSA) is 53.1 Å². The Morgan fingerprint density at radius 1 is 1.71 bits per heavy atom. The Morgan fingerprint density at radius 3 is 3.14 bits per heavy atom. The zero-order valence-electron chi connectivity index (χ0n) is 8.34. The number of hydrogen-bond acceptors (Lipinski definition) is 1. The third-order valence-electron chi connectivity index (χ3n) is 2.99. The molecule has 0 amide bonds. The molecule has 2 rings (SSSR count). The van der Waals surface area contributed by atoms with Crippen LogP contribution in [0, 0.1) is 5.92 Å². The molecule has 2 N–H and O–H groups in total. The molecule has 76 valence electrons. The lowest BCUT2D eigenvalue weighted by molar-refractivity contribution is -0.142. The van der Waals surface area contributed by atoms with Gasteiger partial charge in [-0.15, -0.1) is 0 Å². The van der Waals surface area contributed by atoms with Crippen molar-refractivity contribution >= 4 is 5.97 Å². The number of carboxylic acids is 1. The summed E-state index contributed by atoms with van der Waals surface area (Å²) in [6, 6.07) is 2.17. The number of aromatic nitrogens is 1. The van der Waals surface area contributed by atoms with Gasteiger partial charge < -0.3 is 10.1 Å². The van der Waals surface area contributed by atoms with Gasteiger partial charge in [0, 0.05) is 17.8 Å². The highest BCUT2D eigenvalue weighted by Crippen LogP contribution is 2.26. The fourth-order valence-corrected chi connectivity index (χ4v) is 2.09. The van der Waals surface area contributed by atoms with Gasteiger partial charge in [0.2, 0.25) is 0 Å². The van der Waals surface area contributed by atoms with E-state index >= 15 is 0 Å². The third kappa shape index (κ3) is 1.54. The molecule has 14 heavy (non-hydrogen) atoms. The molecular weight excluding hydrogens is 178 g/mol. The summed E-state index contributed by atoms with van der Waals surface area (Å²) in [6.07, 6.45) is 3.35. The first-order valence-electron chi connectivity index (χ1n) is 5.13. The van der Waals surface area contributed by atoms with Crippen LogP contribution in [-0.4, -0.2) is 16.1 Å². The van der Waals surface area contributed by atoms with E-state index < -0.39 is 5.97 Å². The maximum atomic E-state index is 10.8. The lowest BCUT2D eigenvalue weighted by atomic mass is 9.88. The number of hydrogen-bond donors (Lipinski definition) is 2. The van der Waals surface area contributed by atoms with E-state index in [2.05, 4.69) is 18.0 Å². The zero-order valence-corrected chi connectivity index (χ0v) is 8.34. The molecule has 0 spiro atoms. The molecule has 0 radical (unpaired) electrons.